The van der Waals surface area contributed by atoms with Crippen molar-refractivity contribution in [2.24, 2.45) is 0 Å². The lowest BCUT2D eigenvalue weighted by molar-refractivity contribution is 0.859. The lowest BCUT2D eigenvalue weighted by Crippen LogP contribution is -1.97. The van der Waals surface area contributed by atoms with Crippen molar-refractivity contribution in [2.75, 3.05) is 0 Å². The Labute approximate surface area is 73.4 Å². The standard InChI is InChI=1S/C10H14N2/c1-4-6-10-9(5-2)12-8(3)7-11-10/h5,7H,2,4,6H2,1,3H3. The van der Waals surface area contributed by atoms with Gasteiger partial charge in [0.15, 0.2) is 0 Å². The third kappa shape index (κ3) is 1.91. The van der Waals surface area contributed by atoms with E-state index in [1.165, 1.54) is 0 Å². The van der Waals surface area contributed by atoms with Gasteiger partial charge in [-0.25, -0.2) is 0 Å². The second kappa shape index (κ2) is 4.00. The molecule has 0 amide bonds. The summed E-state index contributed by atoms with van der Waals surface area (Å²) in [5, 5.41) is 0. The number of hydrogen-bond acceptors (Lipinski definition) is 2. The van der Waals surface area contributed by atoms with Gasteiger partial charge in [-0.2, -0.15) is 0 Å². The molecule has 12 heavy (non-hydrogen) atoms. The van der Waals surface area contributed by atoms with Crippen LogP contribution in [0.4, 0.5) is 0 Å². The summed E-state index contributed by atoms with van der Waals surface area (Å²) < 4.78 is 0. The van der Waals surface area contributed by atoms with Crippen molar-refractivity contribution in [1.82, 2.24) is 9.97 Å². The first kappa shape index (κ1) is 8.91. The molecule has 0 aromatic carbocycles. The minimum absolute atomic E-state index is 0.928. The van der Waals surface area contributed by atoms with E-state index in [9.17, 15) is 0 Å². The summed E-state index contributed by atoms with van der Waals surface area (Å²) in [6.07, 6.45) is 5.65. The Kier molecular flexibility index (Phi) is 2.97. The zero-order valence-corrected chi connectivity index (χ0v) is 7.67. The topological polar surface area (TPSA) is 25.8 Å². The predicted molar refractivity (Wildman–Crippen MR) is 50.9 cm³/mol. The van der Waals surface area contributed by atoms with Crippen molar-refractivity contribution in [1.29, 1.82) is 0 Å². The van der Waals surface area contributed by atoms with Gasteiger partial charge in [0.05, 0.1) is 17.1 Å². The van der Waals surface area contributed by atoms with Crippen molar-refractivity contribution in [3.63, 3.8) is 0 Å². The summed E-state index contributed by atoms with van der Waals surface area (Å²) in [5.74, 6) is 0. The van der Waals surface area contributed by atoms with Gasteiger partial charge in [0, 0.05) is 6.20 Å². The van der Waals surface area contributed by atoms with E-state index >= 15 is 0 Å². The van der Waals surface area contributed by atoms with Gasteiger partial charge in [0.25, 0.3) is 0 Å². The molecular weight excluding hydrogens is 148 g/mol. The summed E-state index contributed by atoms with van der Waals surface area (Å²) in [4.78, 5) is 8.63. The van der Waals surface area contributed by atoms with Crippen LogP contribution in [-0.4, -0.2) is 9.97 Å². The molecule has 0 saturated heterocycles. The van der Waals surface area contributed by atoms with E-state index < -0.39 is 0 Å². The Bertz CT molecular complexity index is 279. The molecule has 1 rings (SSSR count). The molecule has 2 nitrogen and oxygen atoms in total. The van der Waals surface area contributed by atoms with Crippen molar-refractivity contribution < 1.29 is 0 Å². The molecule has 0 bridgehead atoms. The molecule has 1 heterocycles. The minimum Gasteiger partial charge on any atom is -0.257 e. The molecule has 0 unspecified atom stereocenters. The SMILES string of the molecule is C=Cc1nc(C)cnc1CCC. The van der Waals surface area contributed by atoms with E-state index in [0.717, 1.165) is 29.9 Å². The maximum absolute atomic E-state index is 4.33. The third-order valence-corrected chi connectivity index (χ3v) is 1.68. The van der Waals surface area contributed by atoms with E-state index in [4.69, 9.17) is 0 Å². The third-order valence-electron chi connectivity index (χ3n) is 1.68. The van der Waals surface area contributed by atoms with Crippen LogP contribution < -0.4 is 0 Å². The Hall–Kier alpha value is -1.18. The summed E-state index contributed by atoms with van der Waals surface area (Å²) >= 11 is 0. The van der Waals surface area contributed by atoms with Gasteiger partial charge in [0.2, 0.25) is 0 Å². The van der Waals surface area contributed by atoms with Crippen molar-refractivity contribution >= 4 is 6.08 Å². The Balaban J connectivity index is 3.02. The molecule has 0 radical (unpaired) electrons. The van der Waals surface area contributed by atoms with Crippen molar-refractivity contribution in [3.05, 3.63) is 29.9 Å². The molecule has 0 spiro atoms. The van der Waals surface area contributed by atoms with Gasteiger partial charge >= 0.3 is 0 Å². The second-order valence-electron chi connectivity index (χ2n) is 2.80. The van der Waals surface area contributed by atoms with Gasteiger partial charge in [-0.15, -0.1) is 0 Å². The van der Waals surface area contributed by atoms with Crippen molar-refractivity contribution in [3.8, 4) is 0 Å². The summed E-state index contributed by atoms with van der Waals surface area (Å²) in [7, 11) is 0. The average molecular weight is 162 g/mol. The fraction of sp³-hybridized carbons (Fsp3) is 0.400. The molecule has 0 N–H and O–H groups in total. The summed E-state index contributed by atoms with van der Waals surface area (Å²) in [6.45, 7) is 7.79. The molecule has 0 aliphatic carbocycles. The predicted octanol–water partition coefficient (Wildman–Crippen LogP) is 2.38. The molecule has 2 heteroatoms. The lowest BCUT2D eigenvalue weighted by Gasteiger charge is -2.02. The molecule has 1 aromatic heterocycles. The minimum atomic E-state index is 0.928. The van der Waals surface area contributed by atoms with Crippen LogP contribution in [0.15, 0.2) is 12.8 Å². The van der Waals surface area contributed by atoms with Crippen LogP contribution in [0.25, 0.3) is 6.08 Å². The first-order valence-electron chi connectivity index (χ1n) is 4.23. The van der Waals surface area contributed by atoms with E-state index in [1.54, 1.807) is 12.3 Å². The Morgan fingerprint density at radius 1 is 1.58 bits per heavy atom. The quantitative estimate of drug-likeness (QED) is 0.682. The van der Waals surface area contributed by atoms with Crippen LogP contribution in [0.5, 0.6) is 0 Å². The number of aryl methyl sites for hydroxylation is 2. The zero-order chi connectivity index (χ0) is 8.97. The number of nitrogens with zero attached hydrogens (tertiary/aromatic N) is 2. The molecule has 1 aromatic rings. The smallest absolute Gasteiger partial charge is 0.0842 e. The van der Waals surface area contributed by atoms with Gasteiger partial charge < -0.3 is 0 Å². The van der Waals surface area contributed by atoms with E-state index in [1.807, 2.05) is 6.92 Å². The molecular formula is C10H14N2. The molecule has 0 aliphatic rings. The maximum atomic E-state index is 4.33. The largest absolute Gasteiger partial charge is 0.257 e. The van der Waals surface area contributed by atoms with Gasteiger partial charge in [-0.3, -0.25) is 9.97 Å². The zero-order valence-electron chi connectivity index (χ0n) is 7.67. The van der Waals surface area contributed by atoms with Crippen LogP contribution in [0.2, 0.25) is 0 Å². The molecule has 0 aliphatic heterocycles. The molecule has 64 valence electrons. The molecule has 0 fully saturated rings. The number of rotatable bonds is 3. The van der Waals surface area contributed by atoms with Gasteiger partial charge in [0.1, 0.15) is 0 Å². The summed E-state index contributed by atoms with van der Waals surface area (Å²) in [5.41, 5.74) is 2.93. The van der Waals surface area contributed by atoms with Crippen molar-refractivity contribution in [2.45, 2.75) is 26.7 Å². The Morgan fingerprint density at radius 2 is 2.33 bits per heavy atom. The number of aromatic nitrogens is 2. The van der Waals surface area contributed by atoms with Gasteiger partial charge in [-0.1, -0.05) is 19.9 Å². The fourth-order valence-electron chi connectivity index (χ4n) is 1.11. The molecule has 0 atom stereocenters. The highest BCUT2D eigenvalue weighted by molar-refractivity contribution is 5.44. The van der Waals surface area contributed by atoms with E-state index in [-0.39, 0.29) is 0 Å². The van der Waals surface area contributed by atoms with Crippen LogP contribution in [0.1, 0.15) is 30.4 Å². The maximum Gasteiger partial charge on any atom is 0.0842 e. The van der Waals surface area contributed by atoms with E-state index in [0.29, 0.717) is 0 Å². The van der Waals surface area contributed by atoms with Crippen LogP contribution in [0, 0.1) is 6.92 Å². The lowest BCUT2D eigenvalue weighted by atomic mass is 10.2. The van der Waals surface area contributed by atoms with Crippen LogP contribution in [0.3, 0.4) is 0 Å². The van der Waals surface area contributed by atoms with Crippen LogP contribution >= 0.6 is 0 Å². The first-order chi connectivity index (χ1) is 5.77. The monoisotopic (exact) mass is 162 g/mol. The second-order valence-corrected chi connectivity index (χ2v) is 2.80. The van der Waals surface area contributed by atoms with Crippen LogP contribution in [-0.2, 0) is 6.42 Å². The number of hydrogen-bond donors (Lipinski definition) is 0. The van der Waals surface area contributed by atoms with E-state index in [2.05, 4.69) is 23.5 Å². The fourth-order valence-corrected chi connectivity index (χ4v) is 1.11. The summed E-state index contributed by atoms with van der Waals surface area (Å²) in [6, 6.07) is 0. The first-order valence-corrected chi connectivity index (χ1v) is 4.23. The van der Waals surface area contributed by atoms with Gasteiger partial charge in [-0.05, 0) is 19.4 Å². The Morgan fingerprint density at radius 3 is 2.92 bits per heavy atom. The average Bonchev–Trinajstić information content (AvgIpc) is 2.08. The highest BCUT2D eigenvalue weighted by Crippen LogP contribution is 2.07. The highest BCUT2D eigenvalue weighted by atomic mass is 14.8. The normalized spacial score (nSPS) is 9.83. The molecule has 0 saturated carbocycles. The highest BCUT2D eigenvalue weighted by Gasteiger charge is 2.00.